The van der Waals surface area contributed by atoms with Crippen molar-refractivity contribution in [2.75, 3.05) is 6.54 Å². The SMILES string of the molecule is CCNCc1nnc(Cc2ccccc2Cl)o1. The second kappa shape index (κ2) is 5.80. The highest BCUT2D eigenvalue weighted by Gasteiger charge is 2.08. The van der Waals surface area contributed by atoms with E-state index in [0.717, 1.165) is 17.1 Å². The lowest BCUT2D eigenvalue weighted by Crippen LogP contribution is -2.11. The summed E-state index contributed by atoms with van der Waals surface area (Å²) in [4.78, 5) is 0. The van der Waals surface area contributed by atoms with Gasteiger partial charge in [0.1, 0.15) is 0 Å². The van der Waals surface area contributed by atoms with Gasteiger partial charge in [0.15, 0.2) is 0 Å². The number of nitrogens with zero attached hydrogens (tertiary/aromatic N) is 2. The molecule has 17 heavy (non-hydrogen) atoms. The third-order valence-corrected chi connectivity index (χ3v) is 2.70. The van der Waals surface area contributed by atoms with E-state index in [1.807, 2.05) is 31.2 Å². The number of aromatic nitrogens is 2. The summed E-state index contributed by atoms with van der Waals surface area (Å²) in [5.74, 6) is 1.19. The van der Waals surface area contributed by atoms with Gasteiger partial charge in [0, 0.05) is 5.02 Å². The Balaban J connectivity index is 2.04. The summed E-state index contributed by atoms with van der Waals surface area (Å²) in [6, 6.07) is 7.65. The third kappa shape index (κ3) is 3.28. The van der Waals surface area contributed by atoms with E-state index < -0.39 is 0 Å². The van der Waals surface area contributed by atoms with Crippen LogP contribution in [0.4, 0.5) is 0 Å². The van der Waals surface area contributed by atoms with Gasteiger partial charge in [-0.05, 0) is 18.2 Å². The quantitative estimate of drug-likeness (QED) is 0.887. The first-order chi connectivity index (χ1) is 8.29. The maximum atomic E-state index is 6.06. The van der Waals surface area contributed by atoms with Crippen LogP contribution in [0.2, 0.25) is 5.02 Å². The normalized spacial score (nSPS) is 10.7. The molecule has 0 aliphatic heterocycles. The molecule has 1 aromatic carbocycles. The Hall–Kier alpha value is -1.39. The van der Waals surface area contributed by atoms with Crippen LogP contribution in [0.15, 0.2) is 28.7 Å². The first-order valence-electron chi connectivity index (χ1n) is 5.55. The van der Waals surface area contributed by atoms with Crippen molar-refractivity contribution >= 4 is 11.6 Å². The molecule has 2 rings (SSSR count). The summed E-state index contributed by atoms with van der Waals surface area (Å²) in [5, 5.41) is 11.8. The van der Waals surface area contributed by atoms with Gasteiger partial charge >= 0.3 is 0 Å². The molecule has 2 aromatic rings. The van der Waals surface area contributed by atoms with Crippen molar-refractivity contribution < 1.29 is 4.42 Å². The number of hydrogen-bond donors (Lipinski definition) is 1. The van der Waals surface area contributed by atoms with Crippen molar-refractivity contribution in [2.45, 2.75) is 19.9 Å². The molecule has 1 aromatic heterocycles. The molecule has 90 valence electrons. The molecule has 0 spiro atoms. The first kappa shape index (κ1) is 12.1. The maximum absolute atomic E-state index is 6.06. The van der Waals surface area contributed by atoms with Crippen molar-refractivity contribution in [2.24, 2.45) is 0 Å². The summed E-state index contributed by atoms with van der Waals surface area (Å²) in [6.07, 6.45) is 0.568. The fourth-order valence-electron chi connectivity index (χ4n) is 1.47. The van der Waals surface area contributed by atoms with Gasteiger partial charge in [-0.1, -0.05) is 36.7 Å². The van der Waals surface area contributed by atoms with Crippen molar-refractivity contribution in [3.63, 3.8) is 0 Å². The number of halogens is 1. The van der Waals surface area contributed by atoms with Gasteiger partial charge in [0.25, 0.3) is 0 Å². The Labute approximate surface area is 105 Å². The summed E-state index contributed by atoms with van der Waals surface area (Å²) in [6.45, 7) is 3.51. The average molecular weight is 252 g/mol. The van der Waals surface area contributed by atoms with Gasteiger partial charge in [0.2, 0.25) is 11.8 Å². The molecule has 0 atom stereocenters. The summed E-state index contributed by atoms with van der Waals surface area (Å²) in [7, 11) is 0. The molecule has 0 saturated heterocycles. The highest BCUT2D eigenvalue weighted by molar-refractivity contribution is 6.31. The van der Waals surface area contributed by atoms with E-state index >= 15 is 0 Å². The highest BCUT2D eigenvalue weighted by atomic mass is 35.5. The van der Waals surface area contributed by atoms with Crippen LogP contribution in [0.3, 0.4) is 0 Å². The molecule has 5 heteroatoms. The number of benzene rings is 1. The zero-order valence-electron chi connectivity index (χ0n) is 9.61. The Kier molecular flexibility index (Phi) is 4.12. The highest BCUT2D eigenvalue weighted by Crippen LogP contribution is 2.18. The van der Waals surface area contributed by atoms with E-state index in [4.69, 9.17) is 16.0 Å². The van der Waals surface area contributed by atoms with Crippen molar-refractivity contribution in [3.8, 4) is 0 Å². The van der Waals surface area contributed by atoms with Gasteiger partial charge in [-0.15, -0.1) is 10.2 Å². The van der Waals surface area contributed by atoms with Gasteiger partial charge in [-0.3, -0.25) is 0 Å². The third-order valence-electron chi connectivity index (χ3n) is 2.33. The van der Waals surface area contributed by atoms with Crippen molar-refractivity contribution in [1.29, 1.82) is 0 Å². The number of hydrogen-bond acceptors (Lipinski definition) is 4. The van der Waals surface area contributed by atoms with E-state index in [2.05, 4.69) is 15.5 Å². The minimum absolute atomic E-state index is 0.568. The van der Waals surface area contributed by atoms with E-state index in [0.29, 0.717) is 24.7 Å². The lowest BCUT2D eigenvalue weighted by molar-refractivity contribution is 0.441. The molecule has 0 aliphatic rings. The molecule has 0 saturated carbocycles. The van der Waals surface area contributed by atoms with Gasteiger partial charge in [0.05, 0.1) is 13.0 Å². The summed E-state index contributed by atoms with van der Waals surface area (Å²) >= 11 is 6.06. The van der Waals surface area contributed by atoms with E-state index in [1.165, 1.54) is 0 Å². The zero-order chi connectivity index (χ0) is 12.1. The minimum atomic E-state index is 0.568. The van der Waals surface area contributed by atoms with Crippen LogP contribution in [0.25, 0.3) is 0 Å². The number of nitrogens with one attached hydrogen (secondary N) is 1. The molecule has 1 heterocycles. The second-order valence-corrected chi connectivity index (χ2v) is 4.05. The summed E-state index contributed by atoms with van der Waals surface area (Å²) < 4.78 is 5.50. The standard InChI is InChI=1S/C12H14ClN3O/c1-2-14-8-12-16-15-11(17-12)7-9-5-3-4-6-10(9)13/h3-6,14H,2,7-8H2,1H3. The lowest BCUT2D eigenvalue weighted by atomic mass is 10.1. The largest absolute Gasteiger partial charge is 0.424 e. The zero-order valence-corrected chi connectivity index (χ0v) is 10.4. The van der Waals surface area contributed by atoms with Crippen LogP contribution in [0, 0.1) is 0 Å². The molecule has 0 aliphatic carbocycles. The van der Waals surface area contributed by atoms with Crippen molar-refractivity contribution in [1.82, 2.24) is 15.5 Å². The number of rotatable bonds is 5. The predicted molar refractivity (Wildman–Crippen MR) is 65.9 cm³/mol. The van der Waals surface area contributed by atoms with Crippen molar-refractivity contribution in [3.05, 3.63) is 46.6 Å². The molecule has 0 fully saturated rings. The fraction of sp³-hybridized carbons (Fsp3) is 0.333. The Bertz CT molecular complexity index is 484. The average Bonchev–Trinajstić information content (AvgIpc) is 2.77. The van der Waals surface area contributed by atoms with E-state index in [9.17, 15) is 0 Å². The molecular weight excluding hydrogens is 238 g/mol. The van der Waals surface area contributed by atoms with Crippen LogP contribution in [-0.2, 0) is 13.0 Å². The van der Waals surface area contributed by atoms with Gasteiger partial charge in [-0.2, -0.15) is 0 Å². The smallest absolute Gasteiger partial charge is 0.230 e. The molecule has 0 radical (unpaired) electrons. The molecule has 4 nitrogen and oxygen atoms in total. The first-order valence-corrected chi connectivity index (χ1v) is 5.92. The minimum Gasteiger partial charge on any atom is -0.424 e. The van der Waals surface area contributed by atoms with Crippen LogP contribution in [0.5, 0.6) is 0 Å². The monoisotopic (exact) mass is 251 g/mol. The topological polar surface area (TPSA) is 51.0 Å². The lowest BCUT2D eigenvalue weighted by Gasteiger charge is -1.99. The molecule has 0 unspecified atom stereocenters. The molecule has 0 amide bonds. The van der Waals surface area contributed by atoms with E-state index in [1.54, 1.807) is 0 Å². The summed E-state index contributed by atoms with van der Waals surface area (Å²) in [5.41, 5.74) is 0.993. The predicted octanol–water partition coefficient (Wildman–Crippen LogP) is 2.42. The fourth-order valence-corrected chi connectivity index (χ4v) is 1.67. The second-order valence-electron chi connectivity index (χ2n) is 3.64. The van der Waals surface area contributed by atoms with Crippen LogP contribution >= 0.6 is 11.6 Å². The van der Waals surface area contributed by atoms with Gasteiger partial charge < -0.3 is 9.73 Å². The van der Waals surface area contributed by atoms with Gasteiger partial charge in [-0.25, -0.2) is 0 Å². The van der Waals surface area contributed by atoms with Crippen LogP contribution in [-0.4, -0.2) is 16.7 Å². The Morgan fingerprint density at radius 3 is 2.76 bits per heavy atom. The van der Waals surface area contributed by atoms with Crippen LogP contribution < -0.4 is 5.32 Å². The van der Waals surface area contributed by atoms with Crippen LogP contribution in [0.1, 0.15) is 24.3 Å². The Morgan fingerprint density at radius 2 is 2.00 bits per heavy atom. The molecule has 0 bridgehead atoms. The Morgan fingerprint density at radius 1 is 1.24 bits per heavy atom. The molecule has 1 N–H and O–H groups in total. The van der Waals surface area contributed by atoms with E-state index in [-0.39, 0.29) is 0 Å². The maximum Gasteiger partial charge on any atom is 0.230 e. The molecular formula is C12H14ClN3O.